The van der Waals surface area contributed by atoms with E-state index in [1.54, 1.807) is 45.0 Å². The fraction of sp³-hybridized carbons (Fsp3) is 0.438. The van der Waals surface area contributed by atoms with Gasteiger partial charge in [-0.15, -0.1) is 0 Å². The van der Waals surface area contributed by atoms with Crippen LogP contribution in [0.5, 0.6) is 5.75 Å². The van der Waals surface area contributed by atoms with E-state index in [4.69, 9.17) is 9.47 Å². The van der Waals surface area contributed by atoms with Gasteiger partial charge in [-0.1, -0.05) is 12.1 Å². The third kappa shape index (κ3) is 6.66. The Morgan fingerprint density at radius 1 is 1.33 bits per heavy atom. The number of aliphatic hydroxyl groups excluding tert-OH is 1. The number of aliphatic hydroxyl groups is 1. The van der Waals surface area contributed by atoms with Gasteiger partial charge in [-0.2, -0.15) is 5.10 Å². The van der Waals surface area contributed by atoms with Gasteiger partial charge in [0.1, 0.15) is 17.4 Å². The molecule has 0 aliphatic heterocycles. The normalized spacial score (nSPS) is 12.5. The van der Waals surface area contributed by atoms with Crippen molar-refractivity contribution in [3.63, 3.8) is 0 Å². The van der Waals surface area contributed by atoms with Crippen molar-refractivity contribution in [1.82, 2.24) is 10.7 Å². The minimum atomic E-state index is -1.17. The smallest absolute Gasteiger partial charge is 0.408 e. The summed E-state index contributed by atoms with van der Waals surface area (Å²) in [6, 6.07) is 5.95. The van der Waals surface area contributed by atoms with Gasteiger partial charge >= 0.3 is 6.09 Å². The Bertz CT molecular complexity index is 596. The summed E-state index contributed by atoms with van der Waals surface area (Å²) in [5.41, 5.74) is 2.21. The number of hydrogen-bond donors (Lipinski definition) is 3. The first-order valence-corrected chi connectivity index (χ1v) is 7.33. The highest BCUT2D eigenvalue weighted by molar-refractivity contribution is 5.88. The van der Waals surface area contributed by atoms with E-state index in [0.29, 0.717) is 11.3 Å². The molecular formula is C16H23N3O5. The molecular weight excluding hydrogens is 314 g/mol. The fourth-order valence-corrected chi connectivity index (χ4v) is 1.66. The molecule has 3 N–H and O–H groups in total. The van der Waals surface area contributed by atoms with E-state index in [1.165, 1.54) is 13.3 Å². The molecule has 2 amide bonds. The lowest BCUT2D eigenvalue weighted by Crippen LogP contribution is -2.49. The number of para-hydroxylation sites is 1. The lowest BCUT2D eigenvalue weighted by Gasteiger charge is -2.21. The predicted octanol–water partition coefficient (Wildman–Crippen LogP) is 1.03. The Labute approximate surface area is 140 Å². The molecule has 132 valence electrons. The molecule has 0 fully saturated rings. The monoisotopic (exact) mass is 337 g/mol. The molecule has 0 aromatic heterocycles. The number of benzene rings is 1. The molecule has 0 unspecified atom stereocenters. The van der Waals surface area contributed by atoms with Crippen molar-refractivity contribution in [3.05, 3.63) is 29.8 Å². The molecule has 0 aliphatic rings. The van der Waals surface area contributed by atoms with Gasteiger partial charge in [0.15, 0.2) is 0 Å². The van der Waals surface area contributed by atoms with Gasteiger partial charge in [-0.05, 0) is 32.9 Å². The molecule has 0 heterocycles. The summed E-state index contributed by atoms with van der Waals surface area (Å²) in [4.78, 5) is 23.6. The Morgan fingerprint density at radius 2 is 2.00 bits per heavy atom. The molecule has 1 aromatic carbocycles. The van der Waals surface area contributed by atoms with Crippen LogP contribution in [0.1, 0.15) is 26.3 Å². The van der Waals surface area contributed by atoms with Gasteiger partial charge in [0, 0.05) is 5.56 Å². The second-order valence-corrected chi connectivity index (χ2v) is 5.86. The van der Waals surface area contributed by atoms with Crippen LogP contribution >= 0.6 is 0 Å². The minimum absolute atomic E-state index is 0.588. The molecule has 1 atom stereocenters. The van der Waals surface area contributed by atoms with Crippen LogP contribution in [-0.4, -0.2) is 48.7 Å². The zero-order valence-electron chi connectivity index (χ0n) is 14.2. The molecule has 0 saturated carbocycles. The van der Waals surface area contributed by atoms with E-state index in [1.807, 2.05) is 0 Å². The number of amides is 2. The van der Waals surface area contributed by atoms with Crippen molar-refractivity contribution in [2.45, 2.75) is 32.4 Å². The Kier molecular flexibility index (Phi) is 7.19. The van der Waals surface area contributed by atoms with E-state index in [0.717, 1.165) is 0 Å². The second kappa shape index (κ2) is 8.88. The number of alkyl carbamates (subject to hydrolysis) is 1. The zero-order chi connectivity index (χ0) is 18.2. The maximum Gasteiger partial charge on any atom is 0.408 e. The van der Waals surface area contributed by atoms with Crippen LogP contribution in [-0.2, 0) is 9.53 Å². The van der Waals surface area contributed by atoms with Crippen molar-refractivity contribution in [2.24, 2.45) is 5.10 Å². The fourth-order valence-electron chi connectivity index (χ4n) is 1.66. The molecule has 0 saturated heterocycles. The number of nitrogens with zero attached hydrogens (tertiary/aromatic N) is 1. The van der Waals surface area contributed by atoms with Crippen molar-refractivity contribution < 1.29 is 24.2 Å². The highest BCUT2D eigenvalue weighted by Gasteiger charge is 2.23. The van der Waals surface area contributed by atoms with E-state index in [9.17, 15) is 14.7 Å². The van der Waals surface area contributed by atoms with E-state index < -0.39 is 30.3 Å². The quantitative estimate of drug-likeness (QED) is 0.531. The summed E-state index contributed by atoms with van der Waals surface area (Å²) in [6.45, 7) is 4.49. The molecule has 24 heavy (non-hydrogen) atoms. The first-order valence-electron chi connectivity index (χ1n) is 7.33. The summed E-state index contributed by atoms with van der Waals surface area (Å²) in [5, 5.41) is 15.3. The number of carbonyl (C=O) groups is 2. The van der Waals surface area contributed by atoms with Crippen LogP contribution in [0.15, 0.2) is 29.4 Å². The standard InChI is InChI=1S/C16H23N3O5/c1-16(2,3)24-15(22)18-12(10-20)14(21)19-17-9-11-7-5-6-8-13(11)23-4/h5-9,12,20H,10H2,1-4H3,(H,18,22)(H,19,21)/b17-9+/t12-/m0/s1. The van der Waals surface area contributed by atoms with Crippen LogP contribution in [0, 0.1) is 0 Å². The lowest BCUT2D eigenvalue weighted by atomic mass is 10.2. The molecule has 0 bridgehead atoms. The van der Waals surface area contributed by atoms with Gasteiger partial charge in [-0.25, -0.2) is 10.2 Å². The number of rotatable bonds is 6. The summed E-state index contributed by atoms with van der Waals surface area (Å²) >= 11 is 0. The maximum atomic E-state index is 11.9. The Hall–Kier alpha value is -2.61. The highest BCUT2D eigenvalue weighted by Crippen LogP contribution is 2.14. The summed E-state index contributed by atoms with van der Waals surface area (Å²) in [5.74, 6) is -0.0735. The molecule has 8 nitrogen and oxygen atoms in total. The summed E-state index contributed by atoms with van der Waals surface area (Å²) < 4.78 is 10.2. The van der Waals surface area contributed by atoms with Gasteiger partial charge in [0.25, 0.3) is 5.91 Å². The van der Waals surface area contributed by atoms with E-state index in [-0.39, 0.29) is 0 Å². The number of hydrazone groups is 1. The van der Waals surface area contributed by atoms with Crippen LogP contribution in [0.2, 0.25) is 0 Å². The average Bonchev–Trinajstić information content (AvgIpc) is 2.51. The van der Waals surface area contributed by atoms with Gasteiger partial charge in [0.05, 0.1) is 19.9 Å². The third-order valence-corrected chi connectivity index (χ3v) is 2.71. The number of carbonyl (C=O) groups excluding carboxylic acids is 2. The van der Waals surface area contributed by atoms with Crippen LogP contribution < -0.4 is 15.5 Å². The number of ether oxygens (including phenoxy) is 2. The molecule has 0 spiro atoms. The largest absolute Gasteiger partial charge is 0.496 e. The molecule has 1 aromatic rings. The van der Waals surface area contributed by atoms with E-state index >= 15 is 0 Å². The Morgan fingerprint density at radius 3 is 2.58 bits per heavy atom. The molecule has 0 radical (unpaired) electrons. The third-order valence-electron chi connectivity index (χ3n) is 2.71. The van der Waals surface area contributed by atoms with Crippen molar-refractivity contribution >= 4 is 18.2 Å². The van der Waals surface area contributed by atoms with Crippen LogP contribution in [0.4, 0.5) is 4.79 Å². The lowest BCUT2D eigenvalue weighted by molar-refractivity contribution is -0.124. The van der Waals surface area contributed by atoms with Crippen LogP contribution in [0.25, 0.3) is 0 Å². The number of hydrogen-bond acceptors (Lipinski definition) is 6. The van der Waals surface area contributed by atoms with Gasteiger partial charge < -0.3 is 19.9 Å². The Balaban J connectivity index is 2.61. The topological polar surface area (TPSA) is 109 Å². The van der Waals surface area contributed by atoms with Gasteiger partial charge in [0.2, 0.25) is 0 Å². The number of nitrogens with one attached hydrogen (secondary N) is 2. The first-order chi connectivity index (χ1) is 11.3. The molecule has 8 heteroatoms. The number of methoxy groups -OCH3 is 1. The van der Waals surface area contributed by atoms with Gasteiger partial charge in [-0.3, -0.25) is 4.79 Å². The first kappa shape index (κ1) is 19.4. The second-order valence-electron chi connectivity index (χ2n) is 5.86. The van der Waals surface area contributed by atoms with Crippen molar-refractivity contribution in [2.75, 3.05) is 13.7 Å². The maximum absolute atomic E-state index is 11.9. The summed E-state index contributed by atoms with van der Waals surface area (Å²) in [7, 11) is 1.53. The van der Waals surface area contributed by atoms with Crippen molar-refractivity contribution in [3.8, 4) is 5.75 Å². The van der Waals surface area contributed by atoms with Crippen LogP contribution in [0.3, 0.4) is 0 Å². The zero-order valence-corrected chi connectivity index (χ0v) is 14.2. The SMILES string of the molecule is COc1ccccc1/C=N/NC(=O)[C@H](CO)NC(=O)OC(C)(C)C. The minimum Gasteiger partial charge on any atom is -0.496 e. The molecule has 1 rings (SSSR count). The predicted molar refractivity (Wildman–Crippen MR) is 89.0 cm³/mol. The van der Waals surface area contributed by atoms with E-state index in [2.05, 4.69) is 15.8 Å². The highest BCUT2D eigenvalue weighted by atomic mass is 16.6. The van der Waals surface area contributed by atoms with Crippen molar-refractivity contribution in [1.29, 1.82) is 0 Å². The molecule has 0 aliphatic carbocycles. The average molecular weight is 337 g/mol. The summed E-state index contributed by atoms with van der Waals surface area (Å²) in [6.07, 6.45) is 0.601.